The molecule has 0 aliphatic rings. The third kappa shape index (κ3) is 4.96. The average Bonchev–Trinajstić information content (AvgIpc) is 3.24. The number of anilines is 2. The average molecular weight is 468 g/mol. The Kier molecular flexibility index (Phi) is 6.73. The predicted molar refractivity (Wildman–Crippen MR) is 137 cm³/mol. The number of nitrogens with zero attached hydrogens (tertiary/aromatic N) is 4. The lowest BCUT2D eigenvalue weighted by Gasteiger charge is -2.21. The monoisotopic (exact) mass is 467 g/mol. The number of hydrogen-bond acceptors (Lipinski definition) is 6. The van der Waals surface area contributed by atoms with Gasteiger partial charge in [0.1, 0.15) is 23.5 Å². The number of benzene rings is 2. The molecule has 0 radical (unpaired) electrons. The van der Waals surface area contributed by atoms with Crippen molar-refractivity contribution in [1.82, 2.24) is 14.5 Å². The lowest BCUT2D eigenvalue weighted by atomic mass is 10.00. The molecule has 0 unspecified atom stereocenters. The van der Waals surface area contributed by atoms with Crippen molar-refractivity contribution in [3.63, 3.8) is 0 Å². The third-order valence-electron chi connectivity index (χ3n) is 5.65. The van der Waals surface area contributed by atoms with Crippen LogP contribution in [0, 0.1) is 0 Å². The van der Waals surface area contributed by atoms with E-state index in [1.165, 1.54) is 18.5 Å². The van der Waals surface area contributed by atoms with Crippen LogP contribution in [0.1, 0.15) is 5.56 Å². The molecule has 4 aromatic rings. The van der Waals surface area contributed by atoms with Gasteiger partial charge in [-0.15, -0.1) is 0 Å². The molecular formula is C27H25N5O3. The van der Waals surface area contributed by atoms with Crippen LogP contribution >= 0.6 is 0 Å². The van der Waals surface area contributed by atoms with Crippen LogP contribution in [0.3, 0.4) is 0 Å². The highest BCUT2D eigenvalue weighted by Crippen LogP contribution is 2.35. The van der Waals surface area contributed by atoms with E-state index in [-0.39, 0.29) is 29.7 Å². The first-order valence-corrected chi connectivity index (χ1v) is 11.0. The Bertz CT molecular complexity index is 1430. The molecule has 176 valence electrons. The van der Waals surface area contributed by atoms with E-state index in [2.05, 4.69) is 23.1 Å². The number of carbonyl (C=O) groups is 2. The van der Waals surface area contributed by atoms with Crippen LogP contribution in [0.15, 0.2) is 86.4 Å². The minimum Gasteiger partial charge on any atom is -0.508 e. The van der Waals surface area contributed by atoms with Gasteiger partial charge in [-0.05, 0) is 47.5 Å². The number of phenolic OH excluding ortho intramolecular Hbond substituents is 1. The quantitative estimate of drug-likeness (QED) is 0.361. The Labute approximate surface area is 202 Å². The van der Waals surface area contributed by atoms with Crippen molar-refractivity contribution in [2.75, 3.05) is 17.2 Å². The van der Waals surface area contributed by atoms with Crippen molar-refractivity contribution in [1.29, 1.82) is 0 Å². The molecule has 2 heterocycles. The van der Waals surface area contributed by atoms with E-state index in [1.54, 1.807) is 17.0 Å². The summed E-state index contributed by atoms with van der Waals surface area (Å²) in [7, 11) is 0. The Morgan fingerprint density at radius 3 is 2.57 bits per heavy atom. The third-order valence-corrected chi connectivity index (χ3v) is 5.65. The number of rotatable bonds is 9. The van der Waals surface area contributed by atoms with Gasteiger partial charge >= 0.3 is 0 Å². The molecule has 35 heavy (non-hydrogen) atoms. The van der Waals surface area contributed by atoms with E-state index in [9.17, 15) is 14.7 Å². The van der Waals surface area contributed by atoms with E-state index < -0.39 is 0 Å². The van der Waals surface area contributed by atoms with Gasteiger partial charge in [0, 0.05) is 37.0 Å². The van der Waals surface area contributed by atoms with Gasteiger partial charge in [-0.3, -0.25) is 9.59 Å². The Hall–Kier alpha value is -4.72. The van der Waals surface area contributed by atoms with Gasteiger partial charge in [-0.1, -0.05) is 37.4 Å². The highest BCUT2D eigenvalue weighted by atomic mass is 16.3. The molecule has 0 saturated heterocycles. The van der Waals surface area contributed by atoms with Crippen LogP contribution in [0.2, 0.25) is 0 Å². The van der Waals surface area contributed by atoms with Gasteiger partial charge in [-0.2, -0.15) is 0 Å². The zero-order valence-electron chi connectivity index (χ0n) is 19.1. The summed E-state index contributed by atoms with van der Waals surface area (Å²) in [5.74, 6) is -0.0540. The summed E-state index contributed by atoms with van der Waals surface area (Å²) in [5.41, 5.74) is 9.61. The highest BCUT2D eigenvalue weighted by molar-refractivity contribution is 6.02. The largest absolute Gasteiger partial charge is 0.508 e. The van der Waals surface area contributed by atoms with Gasteiger partial charge < -0.3 is 20.3 Å². The molecule has 0 bridgehead atoms. The molecule has 2 aromatic heterocycles. The fourth-order valence-corrected chi connectivity index (χ4v) is 4.03. The molecule has 3 N–H and O–H groups in total. The van der Waals surface area contributed by atoms with Crippen LogP contribution in [0.4, 0.5) is 11.5 Å². The smallest absolute Gasteiger partial charge is 0.250 e. The maximum atomic E-state index is 12.6. The Balaban J connectivity index is 1.75. The van der Waals surface area contributed by atoms with E-state index in [1.807, 2.05) is 47.2 Å². The topological polar surface area (TPSA) is 114 Å². The molecular weight excluding hydrogens is 442 g/mol. The van der Waals surface area contributed by atoms with Gasteiger partial charge in [-0.25, -0.2) is 9.97 Å². The van der Waals surface area contributed by atoms with E-state index in [0.717, 1.165) is 5.69 Å². The summed E-state index contributed by atoms with van der Waals surface area (Å²) in [6.45, 7) is 7.91. The van der Waals surface area contributed by atoms with Crippen LogP contribution < -0.4 is 10.6 Å². The lowest BCUT2D eigenvalue weighted by Crippen LogP contribution is -2.32. The summed E-state index contributed by atoms with van der Waals surface area (Å²) in [5, 5.41) is 10.9. The highest BCUT2D eigenvalue weighted by Gasteiger charge is 2.18. The lowest BCUT2D eigenvalue weighted by molar-refractivity contribution is -0.114. The first-order valence-electron chi connectivity index (χ1n) is 11.0. The molecule has 4 rings (SSSR count). The van der Waals surface area contributed by atoms with Crippen molar-refractivity contribution in [2.24, 2.45) is 0 Å². The van der Waals surface area contributed by atoms with Gasteiger partial charge in [0.05, 0.1) is 5.39 Å². The zero-order chi connectivity index (χ0) is 24.9. The summed E-state index contributed by atoms with van der Waals surface area (Å²) >= 11 is 0. The summed E-state index contributed by atoms with van der Waals surface area (Å²) < 4.78 is 1.90. The molecule has 0 spiro atoms. The predicted octanol–water partition coefficient (Wildman–Crippen LogP) is 3.90. The summed E-state index contributed by atoms with van der Waals surface area (Å²) in [6.07, 6.45) is 5.91. The van der Waals surface area contributed by atoms with Crippen molar-refractivity contribution < 1.29 is 14.7 Å². The van der Waals surface area contributed by atoms with Gasteiger partial charge in [0.2, 0.25) is 5.91 Å². The van der Waals surface area contributed by atoms with Gasteiger partial charge in [0.25, 0.3) is 0 Å². The van der Waals surface area contributed by atoms with Crippen molar-refractivity contribution in [2.45, 2.75) is 13.0 Å². The minimum atomic E-state index is -0.216. The Morgan fingerprint density at radius 1 is 1.09 bits per heavy atom. The van der Waals surface area contributed by atoms with Crippen LogP contribution in [0.5, 0.6) is 5.75 Å². The van der Waals surface area contributed by atoms with Crippen molar-refractivity contribution in [3.8, 4) is 16.9 Å². The number of hydrogen-bond donors (Lipinski definition) is 2. The van der Waals surface area contributed by atoms with E-state index >= 15 is 0 Å². The normalized spacial score (nSPS) is 10.7. The Morgan fingerprint density at radius 2 is 1.86 bits per heavy atom. The first kappa shape index (κ1) is 23.4. The molecule has 0 aliphatic heterocycles. The number of ketones is 1. The SMILES string of the molecule is C=CC(=O)Cc1cc(O)cc(-c2cn(CCN(C(=O)C=C)c3ccccc3)c3ncnc(N)c23)c1. The van der Waals surface area contributed by atoms with Crippen LogP contribution in [-0.4, -0.2) is 37.9 Å². The second-order valence-electron chi connectivity index (χ2n) is 7.96. The number of allylic oxidation sites excluding steroid dienone is 1. The molecule has 0 saturated carbocycles. The molecule has 0 aliphatic carbocycles. The fourth-order valence-electron chi connectivity index (χ4n) is 4.03. The molecule has 0 atom stereocenters. The van der Waals surface area contributed by atoms with E-state index in [4.69, 9.17) is 5.73 Å². The molecule has 0 fully saturated rings. The standard InChI is InChI=1S/C27H25N5O3/c1-3-21(33)13-18-12-19(15-22(34)14-18)23-16-31(27-25(23)26(28)29-17-30-27)10-11-32(24(35)4-2)20-8-6-5-7-9-20/h3-9,12,14-17,34H,1-2,10-11,13H2,(H2,28,29,30). The second-order valence-corrected chi connectivity index (χ2v) is 7.96. The fraction of sp³-hybridized carbons (Fsp3) is 0.111. The maximum Gasteiger partial charge on any atom is 0.250 e. The van der Waals surface area contributed by atoms with Crippen molar-refractivity contribution in [3.05, 3.63) is 91.9 Å². The van der Waals surface area contributed by atoms with Crippen molar-refractivity contribution >= 4 is 34.2 Å². The van der Waals surface area contributed by atoms with Gasteiger partial charge in [0.15, 0.2) is 5.78 Å². The number of aromatic hydroxyl groups is 1. The summed E-state index contributed by atoms with van der Waals surface area (Å²) in [4.78, 5) is 34.6. The second kappa shape index (κ2) is 10.0. The number of amides is 1. The van der Waals surface area contributed by atoms with E-state index in [0.29, 0.717) is 40.8 Å². The summed E-state index contributed by atoms with van der Waals surface area (Å²) in [6, 6.07) is 14.3. The molecule has 8 heteroatoms. The maximum absolute atomic E-state index is 12.6. The first-order chi connectivity index (χ1) is 16.9. The molecule has 2 aromatic carbocycles. The number of nitrogen functional groups attached to an aromatic ring is 1. The van der Waals surface area contributed by atoms with Crippen LogP contribution in [-0.2, 0) is 22.6 Å². The number of aromatic nitrogens is 3. The number of carbonyl (C=O) groups excluding carboxylic acids is 2. The number of para-hydroxylation sites is 1. The molecule has 8 nitrogen and oxygen atoms in total. The minimum absolute atomic E-state index is 0.0255. The number of fused-ring (bicyclic) bond motifs is 1. The van der Waals surface area contributed by atoms with Crippen LogP contribution in [0.25, 0.3) is 22.2 Å². The molecule has 1 amide bonds. The number of nitrogens with two attached hydrogens (primary N) is 1. The number of phenols is 1. The zero-order valence-corrected chi connectivity index (χ0v) is 19.1.